The molecule has 0 radical (unpaired) electrons. The van der Waals surface area contributed by atoms with Gasteiger partial charge < -0.3 is 15.2 Å². The first-order chi connectivity index (χ1) is 9.08. The van der Waals surface area contributed by atoms with E-state index in [1.54, 1.807) is 7.11 Å². The molecule has 0 saturated heterocycles. The minimum absolute atomic E-state index is 0.287. The molecule has 1 aliphatic rings. The van der Waals surface area contributed by atoms with Gasteiger partial charge in [0.05, 0.1) is 13.2 Å². The SMILES string of the molecule is COc1cc(OC2CCCC(C)C2)cc(C(N)=S)c1. The predicted octanol–water partition coefficient (Wildman–Crippen LogP) is 3.29. The molecule has 0 aromatic heterocycles. The Morgan fingerprint density at radius 2 is 2.00 bits per heavy atom. The van der Waals surface area contributed by atoms with Gasteiger partial charge in [0.2, 0.25) is 0 Å². The number of benzene rings is 1. The van der Waals surface area contributed by atoms with Gasteiger partial charge in [-0.2, -0.15) is 0 Å². The molecule has 2 atom stereocenters. The predicted molar refractivity (Wildman–Crippen MR) is 80.9 cm³/mol. The Labute approximate surface area is 120 Å². The van der Waals surface area contributed by atoms with Gasteiger partial charge in [0.25, 0.3) is 0 Å². The maximum Gasteiger partial charge on any atom is 0.124 e. The van der Waals surface area contributed by atoms with Crippen LogP contribution in [0.5, 0.6) is 11.5 Å². The van der Waals surface area contributed by atoms with Gasteiger partial charge >= 0.3 is 0 Å². The summed E-state index contributed by atoms with van der Waals surface area (Å²) in [6, 6.07) is 5.61. The quantitative estimate of drug-likeness (QED) is 0.859. The molecule has 2 unspecified atom stereocenters. The highest BCUT2D eigenvalue weighted by molar-refractivity contribution is 7.80. The van der Waals surface area contributed by atoms with E-state index >= 15 is 0 Å². The fourth-order valence-corrected chi connectivity index (χ4v) is 2.70. The maximum atomic E-state index is 6.06. The summed E-state index contributed by atoms with van der Waals surface area (Å²) >= 11 is 5.02. The van der Waals surface area contributed by atoms with Gasteiger partial charge in [0.15, 0.2) is 0 Å². The number of thiocarbonyl (C=S) groups is 1. The number of hydrogen-bond donors (Lipinski definition) is 1. The number of ether oxygens (including phenoxy) is 2. The third-order valence-electron chi connectivity index (χ3n) is 3.59. The van der Waals surface area contributed by atoms with Crippen LogP contribution in [0.15, 0.2) is 18.2 Å². The van der Waals surface area contributed by atoms with Gasteiger partial charge in [-0.3, -0.25) is 0 Å². The van der Waals surface area contributed by atoms with Crippen LogP contribution < -0.4 is 15.2 Å². The average molecular weight is 279 g/mol. The van der Waals surface area contributed by atoms with Crippen LogP contribution in [-0.2, 0) is 0 Å². The Hall–Kier alpha value is -1.29. The molecule has 1 saturated carbocycles. The molecule has 1 fully saturated rings. The van der Waals surface area contributed by atoms with Gasteiger partial charge in [-0.25, -0.2) is 0 Å². The summed E-state index contributed by atoms with van der Waals surface area (Å²) in [7, 11) is 1.63. The van der Waals surface area contributed by atoms with Crippen molar-refractivity contribution in [1.29, 1.82) is 0 Å². The van der Waals surface area contributed by atoms with Gasteiger partial charge in [-0.1, -0.05) is 25.6 Å². The summed E-state index contributed by atoms with van der Waals surface area (Å²) in [5.41, 5.74) is 6.47. The Morgan fingerprint density at radius 3 is 2.63 bits per heavy atom. The zero-order chi connectivity index (χ0) is 13.8. The minimum atomic E-state index is 0.287. The van der Waals surface area contributed by atoms with E-state index in [1.807, 2.05) is 18.2 Å². The van der Waals surface area contributed by atoms with Crippen LogP contribution in [-0.4, -0.2) is 18.2 Å². The van der Waals surface area contributed by atoms with Gasteiger partial charge in [-0.15, -0.1) is 0 Å². The van der Waals surface area contributed by atoms with Gasteiger partial charge in [0.1, 0.15) is 16.5 Å². The molecule has 1 aliphatic carbocycles. The second-order valence-electron chi connectivity index (χ2n) is 5.27. The molecule has 3 nitrogen and oxygen atoms in total. The van der Waals surface area contributed by atoms with Crippen molar-refractivity contribution in [2.24, 2.45) is 11.7 Å². The standard InChI is InChI=1S/C15H21NO2S/c1-10-4-3-5-12(6-10)18-14-8-11(15(16)19)7-13(9-14)17-2/h7-10,12H,3-6H2,1-2H3,(H2,16,19). The summed E-state index contributed by atoms with van der Waals surface area (Å²) in [4.78, 5) is 0.362. The van der Waals surface area contributed by atoms with Crippen molar-refractivity contribution in [2.45, 2.75) is 38.7 Å². The first-order valence-corrected chi connectivity index (χ1v) is 7.15. The lowest BCUT2D eigenvalue weighted by Gasteiger charge is -2.27. The first kappa shape index (κ1) is 14.1. The van der Waals surface area contributed by atoms with Gasteiger partial charge in [-0.05, 0) is 37.3 Å². The molecule has 104 valence electrons. The molecule has 2 N–H and O–H groups in total. The van der Waals surface area contributed by atoms with Crippen LogP contribution in [0, 0.1) is 5.92 Å². The van der Waals surface area contributed by atoms with Crippen molar-refractivity contribution in [2.75, 3.05) is 7.11 Å². The largest absolute Gasteiger partial charge is 0.497 e. The van der Waals surface area contributed by atoms with Crippen molar-refractivity contribution in [3.8, 4) is 11.5 Å². The highest BCUT2D eigenvalue weighted by Crippen LogP contribution is 2.29. The molecule has 2 rings (SSSR count). The molecule has 0 aliphatic heterocycles. The molecule has 0 spiro atoms. The van der Waals surface area contributed by atoms with Gasteiger partial charge in [0, 0.05) is 11.6 Å². The summed E-state index contributed by atoms with van der Waals surface area (Å²) in [5.74, 6) is 2.25. The monoisotopic (exact) mass is 279 g/mol. The molecule has 1 aromatic rings. The molecular formula is C15H21NO2S. The molecule has 19 heavy (non-hydrogen) atoms. The molecular weight excluding hydrogens is 258 g/mol. The van der Waals surface area contributed by atoms with E-state index in [4.69, 9.17) is 27.4 Å². The molecule has 0 bridgehead atoms. The Morgan fingerprint density at radius 1 is 1.26 bits per heavy atom. The van der Waals surface area contributed by atoms with E-state index in [0.717, 1.165) is 35.8 Å². The number of hydrogen-bond acceptors (Lipinski definition) is 3. The highest BCUT2D eigenvalue weighted by atomic mass is 32.1. The van der Waals surface area contributed by atoms with Crippen LogP contribution >= 0.6 is 12.2 Å². The average Bonchev–Trinajstić information content (AvgIpc) is 2.38. The van der Waals surface area contributed by atoms with Crippen LogP contribution in [0.2, 0.25) is 0 Å². The Kier molecular flexibility index (Phi) is 4.64. The van der Waals surface area contributed by atoms with E-state index in [0.29, 0.717) is 4.99 Å². The lowest BCUT2D eigenvalue weighted by atomic mass is 9.89. The van der Waals surface area contributed by atoms with E-state index in [2.05, 4.69) is 6.92 Å². The lowest BCUT2D eigenvalue weighted by Crippen LogP contribution is -2.24. The van der Waals surface area contributed by atoms with Crippen LogP contribution in [0.3, 0.4) is 0 Å². The third-order valence-corrected chi connectivity index (χ3v) is 3.83. The summed E-state index contributed by atoms with van der Waals surface area (Å²) < 4.78 is 11.3. The van der Waals surface area contributed by atoms with Crippen LogP contribution in [0.4, 0.5) is 0 Å². The van der Waals surface area contributed by atoms with E-state index in [1.165, 1.54) is 12.8 Å². The topological polar surface area (TPSA) is 44.5 Å². The maximum absolute atomic E-state index is 6.06. The second kappa shape index (κ2) is 6.24. The zero-order valence-electron chi connectivity index (χ0n) is 11.5. The molecule has 4 heteroatoms. The van der Waals surface area contributed by atoms with Crippen LogP contribution in [0.1, 0.15) is 38.2 Å². The zero-order valence-corrected chi connectivity index (χ0v) is 12.3. The van der Waals surface area contributed by atoms with Crippen molar-refractivity contribution in [1.82, 2.24) is 0 Å². The third kappa shape index (κ3) is 3.83. The minimum Gasteiger partial charge on any atom is -0.497 e. The summed E-state index contributed by atoms with van der Waals surface area (Å²) in [6.45, 7) is 2.28. The Balaban J connectivity index is 2.14. The molecule has 0 amide bonds. The number of methoxy groups -OCH3 is 1. The van der Waals surface area contributed by atoms with E-state index in [-0.39, 0.29) is 6.10 Å². The molecule has 0 heterocycles. The summed E-state index contributed by atoms with van der Waals surface area (Å²) in [6.07, 6.45) is 5.05. The van der Waals surface area contributed by atoms with Crippen molar-refractivity contribution >= 4 is 17.2 Å². The fourth-order valence-electron chi connectivity index (χ4n) is 2.58. The van der Waals surface area contributed by atoms with Crippen molar-refractivity contribution < 1.29 is 9.47 Å². The number of nitrogens with two attached hydrogens (primary N) is 1. The second-order valence-corrected chi connectivity index (χ2v) is 5.71. The smallest absolute Gasteiger partial charge is 0.124 e. The summed E-state index contributed by atoms with van der Waals surface area (Å²) in [5, 5.41) is 0. The van der Waals surface area contributed by atoms with E-state index in [9.17, 15) is 0 Å². The van der Waals surface area contributed by atoms with Crippen molar-refractivity contribution in [3.63, 3.8) is 0 Å². The van der Waals surface area contributed by atoms with E-state index < -0.39 is 0 Å². The first-order valence-electron chi connectivity index (χ1n) is 6.74. The van der Waals surface area contributed by atoms with Crippen molar-refractivity contribution in [3.05, 3.63) is 23.8 Å². The number of rotatable bonds is 4. The highest BCUT2D eigenvalue weighted by Gasteiger charge is 2.20. The Bertz CT molecular complexity index is 461. The molecule has 1 aromatic carbocycles. The lowest BCUT2D eigenvalue weighted by molar-refractivity contribution is 0.129. The van der Waals surface area contributed by atoms with Crippen LogP contribution in [0.25, 0.3) is 0 Å². The normalized spacial score (nSPS) is 22.8. The fraction of sp³-hybridized carbons (Fsp3) is 0.533.